The van der Waals surface area contributed by atoms with E-state index in [0.29, 0.717) is 17.9 Å². The molecule has 3 aromatic heterocycles. The molecular weight excluding hydrogens is 272 g/mol. The number of hydrogen-bond donors (Lipinski definition) is 1. The summed E-state index contributed by atoms with van der Waals surface area (Å²) in [6, 6.07) is 7.31. The maximum Gasteiger partial charge on any atom is 0.256 e. The van der Waals surface area contributed by atoms with Crippen LogP contribution in [0.2, 0.25) is 0 Å². The zero-order chi connectivity index (χ0) is 14.7. The van der Waals surface area contributed by atoms with Crippen molar-refractivity contribution in [2.24, 2.45) is 0 Å². The summed E-state index contributed by atoms with van der Waals surface area (Å²) in [5.74, 6) is 1.52. The third kappa shape index (κ3) is 2.74. The lowest BCUT2D eigenvalue weighted by atomic mass is 10.0. The van der Waals surface area contributed by atoms with E-state index < -0.39 is 0 Å². The van der Waals surface area contributed by atoms with Crippen molar-refractivity contribution in [3.05, 3.63) is 65.8 Å². The van der Waals surface area contributed by atoms with E-state index >= 15 is 0 Å². The third-order valence-electron chi connectivity index (χ3n) is 3.24. The minimum atomic E-state index is -0.239. The number of aromatic nitrogens is 1. The van der Waals surface area contributed by atoms with Crippen LogP contribution in [0.25, 0.3) is 0 Å². The molecule has 0 bridgehead atoms. The second-order valence-electron chi connectivity index (χ2n) is 4.59. The average molecular weight is 286 g/mol. The number of carbonyl (C=O) groups excluding carboxylic acids is 1. The Morgan fingerprint density at radius 3 is 2.38 bits per heavy atom. The minimum absolute atomic E-state index is 0.181. The van der Waals surface area contributed by atoms with E-state index in [0.717, 1.165) is 11.5 Å². The fraction of sp³-hybridized carbons (Fsp3) is 0.200. The number of carbonyl (C=O) groups is 1. The highest BCUT2D eigenvalue weighted by Gasteiger charge is 2.22. The predicted molar refractivity (Wildman–Crippen MR) is 72.8 cm³/mol. The van der Waals surface area contributed by atoms with Gasteiger partial charge >= 0.3 is 0 Å². The van der Waals surface area contributed by atoms with Crippen molar-refractivity contribution in [2.75, 3.05) is 6.54 Å². The van der Waals surface area contributed by atoms with Crippen molar-refractivity contribution >= 4 is 5.91 Å². The third-order valence-corrected chi connectivity index (χ3v) is 3.24. The largest absolute Gasteiger partial charge is 0.469 e. The Balaban J connectivity index is 1.74. The number of nitrogens with zero attached hydrogens (tertiary/aromatic N) is 1. The molecule has 0 aliphatic carbocycles. The zero-order valence-corrected chi connectivity index (χ0v) is 11.4. The first kappa shape index (κ1) is 13.2. The molecule has 1 amide bonds. The molecule has 3 aromatic rings. The first-order chi connectivity index (χ1) is 10.3. The maximum absolute atomic E-state index is 12.1. The van der Waals surface area contributed by atoms with E-state index in [-0.39, 0.29) is 11.8 Å². The van der Waals surface area contributed by atoms with E-state index in [9.17, 15) is 4.79 Å². The quantitative estimate of drug-likeness (QED) is 0.780. The SMILES string of the molecule is Cc1oncc1C(=O)NCC(c1ccco1)c1ccco1. The lowest BCUT2D eigenvalue weighted by Gasteiger charge is -2.13. The van der Waals surface area contributed by atoms with Gasteiger partial charge in [-0.05, 0) is 31.2 Å². The zero-order valence-electron chi connectivity index (χ0n) is 11.4. The van der Waals surface area contributed by atoms with Crippen molar-refractivity contribution in [1.82, 2.24) is 10.5 Å². The Morgan fingerprint density at radius 1 is 1.24 bits per heavy atom. The Kier molecular flexibility index (Phi) is 3.59. The summed E-state index contributed by atoms with van der Waals surface area (Å²) in [6.07, 6.45) is 4.59. The monoisotopic (exact) mass is 286 g/mol. The van der Waals surface area contributed by atoms with Gasteiger partial charge in [-0.2, -0.15) is 0 Å². The minimum Gasteiger partial charge on any atom is -0.469 e. The van der Waals surface area contributed by atoms with E-state index in [1.165, 1.54) is 6.20 Å². The Hall–Kier alpha value is -2.76. The lowest BCUT2D eigenvalue weighted by Crippen LogP contribution is -2.28. The Bertz CT molecular complexity index is 664. The van der Waals surface area contributed by atoms with Crippen LogP contribution in [0.3, 0.4) is 0 Å². The van der Waals surface area contributed by atoms with Crippen molar-refractivity contribution in [3.63, 3.8) is 0 Å². The number of amides is 1. The topological polar surface area (TPSA) is 81.4 Å². The highest BCUT2D eigenvalue weighted by molar-refractivity contribution is 5.94. The van der Waals surface area contributed by atoms with Crippen molar-refractivity contribution in [3.8, 4) is 0 Å². The molecule has 1 N–H and O–H groups in total. The van der Waals surface area contributed by atoms with E-state index in [1.54, 1.807) is 31.6 Å². The summed E-state index contributed by atoms with van der Waals surface area (Å²) in [7, 11) is 0. The summed E-state index contributed by atoms with van der Waals surface area (Å²) >= 11 is 0. The molecule has 0 spiro atoms. The van der Waals surface area contributed by atoms with E-state index in [2.05, 4.69) is 10.5 Å². The highest BCUT2D eigenvalue weighted by Crippen LogP contribution is 2.25. The summed E-state index contributed by atoms with van der Waals surface area (Å²) in [5, 5.41) is 6.44. The van der Waals surface area contributed by atoms with Crippen LogP contribution in [0.4, 0.5) is 0 Å². The van der Waals surface area contributed by atoms with Crippen LogP contribution in [0.5, 0.6) is 0 Å². The standard InChI is InChI=1S/C15H14N2O4/c1-10-11(9-17-21-10)15(18)16-8-12(13-4-2-6-19-13)14-5-3-7-20-14/h2-7,9,12H,8H2,1H3,(H,16,18). The molecule has 0 saturated carbocycles. The first-order valence-corrected chi connectivity index (χ1v) is 6.52. The molecule has 0 radical (unpaired) electrons. The number of hydrogen-bond acceptors (Lipinski definition) is 5. The Morgan fingerprint density at radius 2 is 1.90 bits per heavy atom. The van der Waals surface area contributed by atoms with Crippen LogP contribution < -0.4 is 5.32 Å². The molecule has 0 unspecified atom stereocenters. The van der Waals surface area contributed by atoms with Crippen LogP contribution in [-0.2, 0) is 0 Å². The lowest BCUT2D eigenvalue weighted by molar-refractivity contribution is 0.0949. The van der Waals surface area contributed by atoms with Gasteiger partial charge in [0.1, 0.15) is 22.8 Å². The van der Waals surface area contributed by atoms with Gasteiger partial charge in [0.25, 0.3) is 5.91 Å². The van der Waals surface area contributed by atoms with Gasteiger partial charge in [0.15, 0.2) is 0 Å². The molecule has 0 aliphatic heterocycles. The fourth-order valence-corrected chi connectivity index (χ4v) is 2.13. The van der Waals surface area contributed by atoms with Crippen LogP contribution >= 0.6 is 0 Å². The molecule has 6 nitrogen and oxygen atoms in total. The van der Waals surface area contributed by atoms with Crippen LogP contribution in [0.15, 0.2) is 56.3 Å². The average Bonchev–Trinajstić information content (AvgIpc) is 3.21. The van der Waals surface area contributed by atoms with Gasteiger partial charge in [-0.1, -0.05) is 5.16 Å². The van der Waals surface area contributed by atoms with E-state index in [1.807, 2.05) is 12.1 Å². The maximum atomic E-state index is 12.1. The molecule has 0 atom stereocenters. The number of rotatable bonds is 5. The molecule has 3 rings (SSSR count). The molecule has 3 heterocycles. The Labute approximate surface area is 120 Å². The summed E-state index contributed by atoms with van der Waals surface area (Å²) < 4.78 is 15.7. The molecular formula is C15H14N2O4. The first-order valence-electron chi connectivity index (χ1n) is 6.52. The van der Waals surface area contributed by atoms with Gasteiger partial charge in [-0.15, -0.1) is 0 Å². The van der Waals surface area contributed by atoms with Gasteiger partial charge in [-0.25, -0.2) is 0 Å². The van der Waals surface area contributed by atoms with Gasteiger partial charge in [-0.3, -0.25) is 4.79 Å². The molecule has 0 saturated heterocycles. The molecule has 0 aromatic carbocycles. The molecule has 0 fully saturated rings. The molecule has 108 valence electrons. The van der Waals surface area contributed by atoms with Gasteiger partial charge in [0, 0.05) is 6.54 Å². The number of aryl methyl sites for hydroxylation is 1. The normalized spacial score (nSPS) is 11.0. The number of furan rings is 2. The van der Waals surface area contributed by atoms with Crippen LogP contribution in [0.1, 0.15) is 33.6 Å². The molecule has 21 heavy (non-hydrogen) atoms. The van der Waals surface area contributed by atoms with Gasteiger partial charge in [0.05, 0.1) is 24.6 Å². The van der Waals surface area contributed by atoms with Crippen molar-refractivity contribution in [1.29, 1.82) is 0 Å². The summed E-state index contributed by atoms with van der Waals surface area (Å²) in [6.45, 7) is 2.04. The molecule has 0 aliphatic rings. The fourth-order valence-electron chi connectivity index (χ4n) is 2.13. The molecule has 6 heteroatoms. The van der Waals surface area contributed by atoms with E-state index in [4.69, 9.17) is 13.4 Å². The second kappa shape index (κ2) is 5.70. The van der Waals surface area contributed by atoms with Crippen molar-refractivity contribution < 1.29 is 18.2 Å². The van der Waals surface area contributed by atoms with Crippen molar-refractivity contribution in [2.45, 2.75) is 12.8 Å². The van der Waals surface area contributed by atoms with Gasteiger partial charge < -0.3 is 18.7 Å². The summed E-state index contributed by atoms with van der Waals surface area (Å²) in [4.78, 5) is 12.1. The number of nitrogens with one attached hydrogen (secondary N) is 1. The van der Waals surface area contributed by atoms with Crippen LogP contribution in [-0.4, -0.2) is 17.6 Å². The smallest absolute Gasteiger partial charge is 0.256 e. The predicted octanol–water partition coefficient (Wildman–Crippen LogP) is 2.73. The second-order valence-corrected chi connectivity index (χ2v) is 4.59. The highest BCUT2D eigenvalue weighted by atomic mass is 16.5. The summed E-state index contributed by atoms with van der Waals surface area (Å²) in [5.41, 5.74) is 0.424. The van der Waals surface area contributed by atoms with Crippen LogP contribution in [0, 0.1) is 6.92 Å². The van der Waals surface area contributed by atoms with Gasteiger partial charge in [0.2, 0.25) is 0 Å².